The van der Waals surface area contributed by atoms with Crippen molar-refractivity contribution in [1.82, 2.24) is 4.57 Å². The lowest BCUT2D eigenvalue weighted by molar-refractivity contribution is 0.265. The molecule has 1 saturated carbocycles. The van der Waals surface area contributed by atoms with Crippen LogP contribution in [0.15, 0.2) is 38.6 Å². The van der Waals surface area contributed by atoms with Crippen LogP contribution in [0.5, 0.6) is 11.5 Å². The molecule has 0 aromatic carbocycles. The maximum Gasteiger partial charge on any atom is 0.226 e. The van der Waals surface area contributed by atoms with Gasteiger partial charge in [-0.2, -0.15) is 0 Å². The number of pyridine rings is 1. The lowest BCUT2D eigenvalue weighted by Gasteiger charge is -2.27. The fourth-order valence-electron chi connectivity index (χ4n) is 3.96. The molecule has 1 aliphatic rings. The molecule has 0 atom stereocenters. The van der Waals surface area contributed by atoms with Crippen LogP contribution in [0.25, 0.3) is 0 Å². The van der Waals surface area contributed by atoms with Gasteiger partial charge in [-0.1, -0.05) is 19.3 Å². The van der Waals surface area contributed by atoms with E-state index < -0.39 is 0 Å². The van der Waals surface area contributed by atoms with Gasteiger partial charge in [0.25, 0.3) is 0 Å². The van der Waals surface area contributed by atoms with E-state index in [-0.39, 0.29) is 16.6 Å². The lowest BCUT2D eigenvalue weighted by Crippen LogP contribution is -2.20. The van der Waals surface area contributed by atoms with E-state index in [9.17, 15) is 9.59 Å². The Labute approximate surface area is 171 Å². The van der Waals surface area contributed by atoms with Crippen molar-refractivity contribution < 1.29 is 13.9 Å². The number of ether oxygens (including phenoxy) is 2. The number of unbranched alkanes of at least 4 members (excludes halogenated alkanes) is 2. The maximum absolute atomic E-state index is 12.3. The normalized spacial score (nSPS) is 14.7. The summed E-state index contributed by atoms with van der Waals surface area (Å²) in [5.74, 6) is 1.26. The fraction of sp³-hybridized carbons (Fsp3) is 0.565. The Bertz CT molecular complexity index is 908. The number of nitrogens with zero attached hydrogens (tertiary/aromatic N) is 1. The summed E-state index contributed by atoms with van der Waals surface area (Å²) in [7, 11) is 0. The Morgan fingerprint density at radius 3 is 2.28 bits per heavy atom. The molecular formula is C23H31NO5. The standard InChI is InChI=1S/C23H31NO5/c1-17-22(20(25)11-13-24(17)19-9-5-3-6-10-19)28-14-7-4-8-15-29-23-18(2)27-16-12-21(23)26/h11-13,16,19H,3-10,14-15H2,1-2H3. The topological polar surface area (TPSA) is 70.7 Å². The number of rotatable bonds is 9. The van der Waals surface area contributed by atoms with Crippen LogP contribution in [0.1, 0.15) is 68.9 Å². The van der Waals surface area contributed by atoms with Crippen molar-refractivity contribution in [3.63, 3.8) is 0 Å². The SMILES string of the molecule is Cc1occc(=O)c1OCCCCCOc1c(C)n(C2CCCCC2)ccc1=O. The van der Waals surface area contributed by atoms with Gasteiger partial charge in [0.15, 0.2) is 5.75 Å². The summed E-state index contributed by atoms with van der Waals surface area (Å²) in [5.41, 5.74) is 0.717. The van der Waals surface area contributed by atoms with E-state index >= 15 is 0 Å². The second kappa shape index (κ2) is 10.3. The molecule has 0 bridgehead atoms. The van der Waals surface area contributed by atoms with Gasteiger partial charge in [0.2, 0.25) is 16.6 Å². The molecule has 6 heteroatoms. The maximum atomic E-state index is 12.3. The molecule has 2 aromatic heterocycles. The Morgan fingerprint density at radius 1 is 0.931 bits per heavy atom. The highest BCUT2D eigenvalue weighted by atomic mass is 16.5. The Balaban J connectivity index is 1.44. The second-order valence-electron chi connectivity index (χ2n) is 7.72. The Hall–Kier alpha value is -2.50. The molecule has 158 valence electrons. The number of aryl methyl sites for hydroxylation is 1. The van der Waals surface area contributed by atoms with Gasteiger partial charge in [0.1, 0.15) is 5.76 Å². The van der Waals surface area contributed by atoms with Crippen molar-refractivity contribution >= 4 is 0 Å². The van der Waals surface area contributed by atoms with E-state index in [0.29, 0.717) is 30.8 Å². The van der Waals surface area contributed by atoms with Gasteiger partial charge in [-0.25, -0.2) is 0 Å². The average Bonchev–Trinajstić information content (AvgIpc) is 2.72. The van der Waals surface area contributed by atoms with Gasteiger partial charge < -0.3 is 18.5 Å². The number of hydrogen-bond acceptors (Lipinski definition) is 5. The highest BCUT2D eigenvalue weighted by Crippen LogP contribution is 2.30. The first-order chi connectivity index (χ1) is 14.1. The molecule has 2 heterocycles. The van der Waals surface area contributed by atoms with E-state index in [0.717, 1.165) is 25.0 Å². The molecule has 0 aliphatic heterocycles. The van der Waals surface area contributed by atoms with Crippen LogP contribution in [-0.2, 0) is 0 Å². The minimum absolute atomic E-state index is 0.0517. The summed E-state index contributed by atoms with van der Waals surface area (Å²) in [5, 5.41) is 0. The van der Waals surface area contributed by atoms with Crippen molar-refractivity contribution in [3.05, 3.63) is 56.5 Å². The third kappa shape index (κ3) is 5.52. The molecule has 0 N–H and O–H groups in total. The highest BCUT2D eigenvalue weighted by Gasteiger charge is 2.18. The first kappa shape index (κ1) is 21.2. The van der Waals surface area contributed by atoms with Crippen LogP contribution in [0.4, 0.5) is 0 Å². The van der Waals surface area contributed by atoms with E-state index in [4.69, 9.17) is 13.9 Å². The van der Waals surface area contributed by atoms with Gasteiger partial charge in [-0.05, 0) is 46.0 Å². The van der Waals surface area contributed by atoms with Gasteiger partial charge >= 0.3 is 0 Å². The van der Waals surface area contributed by atoms with Gasteiger partial charge in [-0.3, -0.25) is 9.59 Å². The average molecular weight is 402 g/mol. The molecule has 29 heavy (non-hydrogen) atoms. The van der Waals surface area contributed by atoms with Gasteiger partial charge in [-0.15, -0.1) is 0 Å². The molecule has 2 aromatic rings. The highest BCUT2D eigenvalue weighted by molar-refractivity contribution is 5.27. The monoisotopic (exact) mass is 401 g/mol. The third-order valence-electron chi connectivity index (χ3n) is 5.58. The summed E-state index contributed by atoms with van der Waals surface area (Å²) in [6, 6.07) is 3.46. The molecule has 1 aliphatic carbocycles. The summed E-state index contributed by atoms with van der Waals surface area (Å²) in [6.45, 7) is 4.64. The summed E-state index contributed by atoms with van der Waals surface area (Å²) in [4.78, 5) is 24.0. The smallest absolute Gasteiger partial charge is 0.226 e. The van der Waals surface area contributed by atoms with Crippen LogP contribution in [0.2, 0.25) is 0 Å². The molecule has 6 nitrogen and oxygen atoms in total. The van der Waals surface area contributed by atoms with E-state index in [1.807, 2.05) is 13.1 Å². The third-order valence-corrected chi connectivity index (χ3v) is 5.58. The number of hydrogen-bond donors (Lipinski definition) is 0. The molecule has 0 saturated heterocycles. The molecule has 0 spiro atoms. The minimum atomic E-state index is -0.161. The Kier molecular flexibility index (Phi) is 7.55. The van der Waals surface area contributed by atoms with Gasteiger partial charge in [0.05, 0.1) is 25.2 Å². The first-order valence-corrected chi connectivity index (χ1v) is 10.6. The van der Waals surface area contributed by atoms with E-state index in [1.165, 1.54) is 44.4 Å². The minimum Gasteiger partial charge on any atom is -0.488 e. The van der Waals surface area contributed by atoms with Crippen molar-refractivity contribution in [1.29, 1.82) is 0 Å². The summed E-state index contributed by atoms with van der Waals surface area (Å²) < 4.78 is 18.8. The Morgan fingerprint density at radius 2 is 1.59 bits per heavy atom. The predicted octanol–water partition coefficient (Wildman–Crippen LogP) is 4.55. The summed E-state index contributed by atoms with van der Waals surface area (Å²) >= 11 is 0. The second-order valence-corrected chi connectivity index (χ2v) is 7.72. The molecular weight excluding hydrogens is 370 g/mol. The van der Waals surface area contributed by atoms with Crippen molar-refractivity contribution in [3.8, 4) is 11.5 Å². The molecule has 0 radical (unpaired) electrons. The van der Waals surface area contributed by atoms with Crippen LogP contribution < -0.4 is 20.3 Å². The van der Waals surface area contributed by atoms with Crippen LogP contribution in [-0.4, -0.2) is 17.8 Å². The zero-order valence-electron chi connectivity index (χ0n) is 17.4. The first-order valence-electron chi connectivity index (χ1n) is 10.6. The van der Waals surface area contributed by atoms with E-state index in [1.54, 1.807) is 13.0 Å². The number of aromatic nitrogens is 1. The van der Waals surface area contributed by atoms with E-state index in [2.05, 4.69) is 4.57 Å². The van der Waals surface area contributed by atoms with Crippen LogP contribution in [0.3, 0.4) is 0 Å². The fourth-order valence-corrected chi connectivity index (χ4v) is 3.96. The predicted molar refractivity (Wildman–Crippen MR) is 112 cm³/mol. The van der Waals surface area contributed by atoms with Crippen molar-refractivity contribution in [2.24, 2.45) is 0 Å². The molecule has 1 fully saturated rings. The zero-order chi connectivity index (χ0) is 20.6. The molecule has 0 amide bonds. The summed E-state index contributed by atoms with van der Waals surface area (Å²) in [6.07, 6.45) is 11.9. The quantitative estimate of drug-likeness (QED) is 0.577. The van der Waals surface area contributed by atoms with Crippen molar-refractivity contribution in [2.75, 3.05) is 13.2 Å². The lowest BCUT2D eigenvalue weighted by atomic mass is 9.95. The van der Waals surface area contributed by atoms with Crippen LogP contribution >= 0.6 is 0 Å². The van der Waals surface area contributed by atoms with Crippen LogP contribution in [0, 0.1) is 13.8 Å². The largest absolute Gasteiger partial charge is 0.488 e. The molecule has 0 unspecified atom stereocenters. The molecule has 3 rings (SSSR count). The van der Waals surface area contributed by atoms with Gasteiger partial charge in [0, 0.05) is 24.4 Å². The van der Waals surface area contributed by atoms with Crippen molar-refractivity contribution in [2.45, 2.75) is 71.3 Å². The zero-order valence-corrected chi connectivity index (χ0v) is 17.4.